The monoisotopic (exact) mass is 415 g/mol. The van der Waals surface area contributed by atoms with Gasteiger partial charge in [0.2, 0.25) is 10.0 Å². The molecule has 1 aromatic rings. The quantitative estimate of drug-likeness (QED) is 0.637. The summed E-state index contributed by atoms with van der Waals surface area (Å²) >= 11 is 6.16. The van der Waals surface area contributed by atoms with E-state index in [4.69, 9.17) is 11.6 Å². The van der Waals surface area contributed by atoms with Crippen molar-refractivity contribution in [1.82, 2.24) is 14.5 Å². The van der Waals surface area contributed by atoms with Gasteiger partial charge >= 0.3 is 0 Å². The van der Waals surface area contributed by atoms with Crippen LogP contribution in [0.4, 0.5) is 0 Å². The highest BCUT2D eigenvalue weighted by molar-refractivity contribution is 7.89. The molecule has 1 amide bonds. The van der Waals surface area contributed by atoms with Gasteiger partial charge in [-0.3, -0.25) is 9.69 Å². The molecule has 0 atom stereocenters. The fraction of sp³-hybridized carbons (Fsp3) is 0.632. The zero-order valence-corrected chi connectivity index (χ0v) is 18.1. The van der Waals surface area contributed by atoms with Crippen molar-refractivity contribution in [3.05, 3.63) is 28.8 Å². The molecule has 0 unspecified atom stereocenters. The zero-order valence-electron chi connectivity index (χ0n) is 16.5. The average molecular weight is 416 g/mol. The zero-order chi connectivity index (χ0) is 20.2. The van der Waals surface area contributed by atoms with Crippen molar-refractivity contribution in [2.24, 2.45) is 0 Å². The summed E-state index contributed by atoms with van der Waals surface area (Å²) in [6.07, 6.45) is 2.42. The van der Waals surface area contributed by atoms with Crippen LogP contribution < -0.4 is 5.32 Å². The average Bonchev–Trinajstić information content (AvgIpc) is 3.44. The lowest BCUT2D eigenvalue weighted by atomic mass is 10.2. The van der Waals surface area contributed by atoms with Crippen LogP contribution in [0.2, 0.25) is 5.02 Å². The summed E-state index contributed by atoms with van der Waals surface area (Å²) in [5.41, 5.74) is 0.187. The van der Waals surface area contributed by atoms with E-state index in [1.807, 2.05) is 0 Å². The SMILES string of the molecule is CCN(CC)S(=O)(=O)c1ccc(Cl)c(C(=O)NCCN(C(C)C)C2CC2)c1. The third kappa shape index (κ3) is 5.44. The standard InChI is InChI=1S/C19H30ClN3O3S/c1-5-22(6-2)27(25,26)16-9-10-18(20)17(13-16)19(24)21-11-12-23(14(3)4)15-7-8-15/h9-10,13-15H,5-8,11-12H2,1-4H3,(H,21,24). The van der Waals surface area contributed by atoms with Crippen LogP contribution in [0.5, 0.6) is 0 Å². The number of nitrogens with one attached hydrogen (secondary N) is 1. The van der Waals surface area contributed by atoms with Crippen LogP contribution >= 0.6 is 11.6 Å². The number of carbonyl (C=O) groups is 1. The van der Waals surface area contributed by atoms with Gasteiger partial charge in [-0.15, -0.1) is 0 Å². The first-order valence-electron chi connectivity index (χ1n) is 9.56. The third-order valence-corrected chi connectivity index (χ3v) is 7.24. The molecule has 6 nitrogen and oxygen atoms in total. The van der Waals surface area contributed by atoms with Gasteiger partial charge in [-0.25, -0.2) is 8.42 Å². The second kappa shape index (κ2) is 9.37. The van der Waals surface area contributed by atoms with Gasteiger partial charge < -0.3 is 5.32 Å². The Morgan fingerprint density at radius 1 is 1.26 bits per heavy atom. The highest BCUT2D eigenvalue weighted by Crippen LogP contribution is 2.28. The number of rotatable bonds is 10. The van der Waals surface area contributed by atoms with E-state index >= 15 is 0 Å². The van der Waals surface area contributed by atoms with Crippen molar-refractivity contribution >= 4 is 27.5 Å². The summed E-state index contributed by atoms with van der Waals surface area (Å²) < 4.78 is 26.7. The Bertz CT molecular complexity index is 757. The molecule has 0 spiro atoms. The van der Waals surface area contributed by atoms with Gasteiger partial charge in [0.1, 0.15) is 0 Å². The fourth-order valence-electron chi connectivity index (χ4n) is 3.21. The molecule has 8 heteroatoms. The highest BCUT2D eigenvalue weighted by Gasteiger charge is 2.30. The molecule has 0 aliphatic heterocycles. The van der Waals surface area contributed by atoms with E-state index in [0.717, 1.165) is 6.54 Å². The lowest BCUT2D eigenvalue weighted by Gasteiger charge is -2.26. The van der Waals surface area contributed by atoms with E-state index in [1.54, 1.807) is 13.8 Å². The minimum absolute atomic E-state index is 0.0857. The number of nitrogens with zero attached hydrogens (tertiary/aromatic N) is 2. The minimum Gasteiger partial charge on any atom is -0.351 e. The summed E-state index contributed by atoms with van der Waals surface area (Å²) in [6.45, 7) is 9.87. The van der Waals surface area contributed by atoms with Crippen LogP contribution in [0, 0.1) is 0 Å². The number of carbonyl (C=O) groups excluding carboxylic acids is 1. The number of hydrogen-bond donors (Lipinski definition) is 1. The third-order valence-electron chi connectivity index (χ3n) is 4.86. The van der Waals surface area contributed by atoms with E-state index in [1.165, 1.54) is 35.3 Å². The Hall–Kier alpha value is -1.15. The fourth-order valence-corrected chi connectivity index (χ4v) is 4.90. The van der Waals surface area contributed by atoms with Gasteiger partial charge in [0.15, 0.2) is 0 Å². The van der Waals surface area contributed by atoms with Crippen LogP contribution in [0.15, 0.2) is 23.1 Å². The van der Waals surface area contributed by atoms with Crippen LogP contribution in [0.1, 0.15) is 50.9 Å². The van der Waals surface area contributed by atoms with Crippen molar-refractivity contribution in [2.45, 2.75) is 57.5 Å². The highest BCUT2D eigenvalue weighted by atomic mass is 35.5. The second-order valence-electron chi connectivity index (χ2n) is 7.05. The molecule has 152 valence electrons. The Balaban J connectivity index is 2.09. The minimum atomic E-state index is -3.64. The topological polar surface area (TPSA) is 69.7 Å². The maximum Gasteiger partial charge on any atom is 0.252 e. The number of sulfonamides is 1. The number of benzene rings is 1. The van der Waals surface area contributed by atoms with Crippen molar-refractivity contribution in [3.63, 3.8) is 0 Å². The Labute approximate surface area is 167 Å². The molecule has 0 radical (unpaired) electrons. The van der Waals surface area contributed by atoms with Crippen LogP contribution in [-0.2, 0) is 10.0 Å². The molecule has 1 aliphatic carbocycles. The Kier molecular flexibility index (Phi) is 7.68. The summed E-state index contributed by atoms with van der Waals surface area (Å²) in [6, 6.07) is 5.33. The normalized spacial score (nSPS) is 15.0. The predicted octanol–water partition coefficient (Wildman–Crippen LogP) is 2.97. The van der Waals surface area contributed by atoms with E-state index in [-0.39, 0.29) is 21.4 Å². The molecule has 0 aromatic heterocycles. The van der Waals surface area contributed by atoms with Gasteiger partial charge in [-0.05, 0) is 44.9 Å². The van der Waals surface area contributed by atoms with Gasteiger partial charge in [-0.2, -0.15) is 4.31 Å². The van der Waals surface area contributed by atoms with Gasteiger partial charge in [0.25, 0.3) is 5.91 Å². The first-order valence-corrected chi connectivity index (χ1v) is 11.4. The molecule has 0 saturated heterocycles. The molecule has 0 heterocycles. The van der Waals surface area contributed by atoms with Crippen molar-refractivity contribution < 1.29 is 13.2 Å². The molecule has 1 N–H and O–H groups in total. The van der Waals surface area contributed by atoms with Crippen molar-refractivity contribution in [2.75, 3.05) is 26.2 Å². The summed E-state index contributed by atoms with van der Waals surface area (Å²) in [4.78, 5) is 15.0. The van der Waals surface area contributed by atoms with E-state index < -0.39 is 10.0 Å². The molecule has 2 rings (SSSR count). The summed E-state index contributed by atoms with van der Waals surface area (Å²) in [5.74, 6) is -0.351. The van der Waals surface area contributed by atoms with Crippen molar-refractivity contribution in [1.29, 1.82) is 0 Å². The molecule has 1 aromatic carbocycles. The second-order valence-corrected chi connectivity index (χ2v) is 9.39. The molecule has 1 aliphatic rings. The molecule has 1 saturated carbocycles. The van der Waals surface area contributed by atoms with Gasteiger partial charge in [-0.1, -0.05) is 25.4 Å². The maximum absolute atomic E-state index is 12.7. The number of amides is 1. The largest absolute Gasteiger partial charge is 0.351 e. The maximum atomic E-state index is 12.7. The molecular weight excluding hydrogens is 386 g/mol. The van der Waals surface area contributed by atoms with E-state index in [0.29, 0.717) is 31.7 Å². The van der Waals surface area contributed by atoms with Gasteiger partial charge in [0, 0.05) is 38.3 Å². The lowest BCUT2D eigenvalue weighted by molar-refractivity contribution is 0.0944. The summed E-state index contributed by atoms with van der Waals surface area (Å²) in [7, 11) is -3.64. The molecule has 1 fully saturated rings. The lowest BCUT2D eigenvalue weighted by Crippen LogP contribution is -2.40. The first-order chi connectivity index (χ1) is 12.7. The van der Waals surface area contributed by atoms with Crippen LogP contribution in [0.3, 0.4) is 0 Å². The number of halogens is 1. The molecular formula is C19H30ClN3O3S. The Morgan fingerprint density at radius 2 is 1.89 bits per heavy atom. The smallest absolute Gasteiger partial charge is 0.252 e. The van der Waals surface area contributed by atoms with E-state index in [9.17, 15) is 13.2 Å². The first kappa shape index (κ1) is 22.1. The Morgan fingerprint density at radius 3 is 2.41 bits per heavy atom. The van der Waals surface area contributed by atoms with Crippen molar-refractivity contribution in [3.8, 4) is 0 Å². The summed E-state index contributed by atoms with van der Waals surface area (Å²) in [5, 5.41) is 3.11. The number of hydrogen-bond acceptors (Lipinski definition) is 4. The van der Waals surface area contributed by atoms with Crippen LogP contribution in [-0.4, -0.2) is 61.8 Å². The van der Waals surface area contributed by atoms with E-state index in [2.05, 4.69) is 24.1 Å². The van der Waals surface area contributed by atoms with Gasteiger partial charge in [0.05, 0.1) is 15.5 Å². The van der Waals surface area contributed by atoms with Crippen LogP contribution in [0.25, 0.3) is 0 Å². The molecule has 0 bridgehead atoms. The molecule has 27 heavy (non-hydrogen) atoms. The predicted molar refractivity (Wildman–Crippen MR) is 109 cm³/mol.